The summed E-state index contributed by atoms with van der Waals surface area (Å²) < 4.78 is 2.14. The van der Waals surface area contributed by atoms with Crippen molar-refractivity contribution in [2.45, 2.75) is 25.8 Å². The van der Waals surface area contributed by atoms with E-state index in [1.807, 2.05) is 18.2 Å². The number of amides is 1. The van der Waals surface area contributed by atoms with Gasteiger partial charge in [0.1, 0.15) is 0 Å². The molecule has 0 aliphatic rings. The van der Waals surface area contributed by atoms with Crippen LogP contribution in [0.4, 0.5) is 0 Å². The smallest absolute Gasteiger partial charge is 0.221 e. The van der Waals surface area contributed by atoms with Crippen molar-refractivity contribution in [3.8, 4) is 0 Å². The van der Waals surface area contributed by atoms with Gasteiger partial charge in [-0.1, -0.05) is 54.1 Å². The highest BCUT2D eigenvalue weighted by atomic mass is 16.1. The number of hydrogen-bond donors (Lipinski definition) is 1. The average molecular weight is 383 g/mol. The van der Waals surface area contributed by atoms with Gasteiger partial charge in [0, 0.05) is 55.4 Å². The second-order valence-corrected chi connectivity index (χ2v) is 7.52. The van der Waals surface area contributed by atoms with Crippen LogP contribution in [0.2, 0.25) is 0 Å². The molecule has 4 rings (SSSR count). The number of rotatable bonds is 6. The number of carbonyl (C=O) groups is 1. The Morgan fingerprint density at radius 3 is 2.76 bits per heavy atom. The third-order valence-electron chi connectivity index (χ3n) is 5.35. The lowest BCUT2D eigenvalue weighted by molar-refractivity contribution is -0.121. The molecule has 4 heteroatoms. The summed E-state index contributed by atoms with van der Waals surface area (Å²) in [5.74, 6) is 0.0307. The van der Waals surface area contributed by atoms with Crippen LogP contribution >= 0.6 is 0 Å². The fraction of sp³-hybridized carbons (Fsp3) is 0.200. The largest absolute Gasteiger partial charge is 0.352 e. The van der Waals surface area contributed by atoms with Crippen molar-refractivity contribution in [3.63, 3.8) is 0 Å². The van der Waals surface area contributed by atoms with Crippen molar-refractivity contribution < 1.29 is 4.79 Å². The molecule has 2 aromatic carbocycles. The molecule has 0 fully saturated rings. The topological polar surface area (TPSA) is 46.9 Å². The highest BCUT2D eigenvalue weighted by Gasteiger charge is 2.22. The normalized spacial score (nSPS) is 12.1. The molecule has 4 nitrogen and oxygen atoms in total. The minimum Gasteiger partial charge on any atom is -0.352 e. The third-order valence-corrected chi connectivity index (χ3v) is 5.35. The molecule has 0 radical (unpaired) electrons. The Bertz CT molecular complexity index is 1130. The van der Waals surface area contributed by atoms with Crippen LogP contribution in [0.3, 0.4) is 0 Å². The number of hydrogen-bond acceptors (Lipinski definition) is 2. The lowest BCUT2D eigenvalue weighted by Crippen LogP contribution is -2.25. The van der Waals surface area contributed by atoms with E-state index in [1.54, 1.807) is 12.4 Å². The Morgan fingerprint density at radius 2 is 1.97 bits per heavy atom. The van der Waals surface area contributed by atoms with Gasteiger partial charge in [-0.15, -0.1) is 0 Å². The molecule has 0 saturated heterocycles. The number of para-hydroxylation sites is 1. The predicted octanol–water partition coefficient (Wildman–Crippen LogP) is 4.72. The molecule has 0 aliphatic heterocycles. The Morgan fingerprint density at radius 1 is 1.10 bits per heavy atom. The Kier molecular flexibility index (Phi) is 5.43. The van der Waals surface area contributed by atoms with E-state index in [1.165, 1.54) is 22.0 Å². The van der Waals surface area contributed by atoms with E-state index in [2.05, 4.69) is 77.5 Å². The second kappa shape index (κ2) is 8.31. The number of fused-ring (bicyclic) bond motifs is 1. The van der Waals surface area contributed by atoms with Gasteiger partial charge in [0.2, 0.25) is 5.91 Å². The van der Waals surface area contributed by atoms with Crippen molar-refractivity contribution in [1.29, 1.82) is 0 Å². The van der Waals surface area contributed by atoms with Crippen LogP contribution in [0.5, 0.6) is 0 Å². The van der Waals surface area contributed by atoms with E-state index in [9.17, 15) is 4.79 Å². The molecule has 1 unspecified atom stereocenters. The van der Waals surface area contributed by atoms with Crippen LogP contribution in [0, 0.1) is 6.92 Å². The van der Waals surface area contributed by atoms with Crippen molar-refractivity contribution in [1.82, 2.24) is 14.9 Å². The molecule has 4 aromatic rings. The molecule has 0 spiro atoms. The minimum atomic E-state index is -0.00472. The van der Waals surface area contributed by atoms with Gasteiger partial charge >= 0.3 is 0 Å². The summed E-state index contributed by atoms with van der Waals surface area (Å²) in [4.78, 5) is 17.0. The van der Waals surface area contributed by atoms with Gasteiger partial charge in [0.25, 0.3) is 0 Å². The van der Waals surface area contributed by atoms with Crippen molar-refractivity contribution >= 4 is 16.8 Å². The maximum absolute atomic E-state index is 12.9. The van der Waals surface area contributed by atoms with Gasteiger partial charge in [-0.2, -0.15) is 0 Å². The number of pyridine rings is 1. The second-order valence-electron chi connectivity index (χ2n) is 7.52. The maximum Gasteiger partial charge on any atom is 0.221 e. The quantitative estimate of drug-likeness (QED) is 0.524. The van der Waals surface area contributed by atoms with E-state index in [4.69, 9.17) is 0 Å². The number of carbonyl (C=O) groups excluding carboxylic acids is 1. The number of aromatic nitrogens is 2. The number of benzene rings is 2. The SMILES string of the molecule is Cc1cccc(C(CC(=O)NCc2cccnc2)c2cn(C)c3ccccc23)c1. The number of aryl methyl sites for hydroxylation is 2. The summed E-state index contributed by atoms with van der Waals surface area (Å²) in [6.07, 6.45) is 6.08. The number of nitrogens with zero attached hydrogens (tertiary/aromatic N) is 2. The Hall–Kier alpha value is -3.40. The van der Waals surface area contributed by atoms with Crippen LogP contribution in [-0.4, -0.2) is 15.5 Å². The average Bonchev–Trinajstić information content (AvgIpc) is 3.08. The summed E-state index contributed by atoms with van der Waals surface area (Å²) >= 11 is 0. The zero-order valence-electron chi connectivity index (χ0n) is 16.8. The van der Waals surface area contributed by atoms with E-state index < -0.39 is 0 Å². The molecule has 0 bridgehead atoms. The minimum absolute atomic E-state index is 0.00472. The molecule has 146 valence electrons. The van der Waals surface area contributed by atoms with E-state index in [-0.39, 0.29) is 11.8 Å². The van der Waals surface area contributed by atoms with Gasteiger partial charge in [-0.25, -0.2) is 0 Å². The van der Waals surface area contributed by atoms with Crippen molar-refractivity contribution in [2.24, 2.45) is 7.05 Å². The molecule has 0 aliphatic carbocycles. The third kappa shape index (κ3) is 4.21. The zero-order chi connectivity index (χ0) is 20.2. The van der Waals surface area contributed by atoms with Crippen LogP contribution in [0.25, 0.3) is 10.9 Å². The summed E-state index contributed by atoms with van der Waals surface area (Å²) in [6.45, 7) is 2.58. The first-order valence-corrected chi connectivity index (χ1v) is 9.88. The molecule has 1 atom stereocenters. The summed E-state index contributed by atoms with van der Waals surface area (Å²) in [7, 11) is 2.06. The first kappa shape index (κ1) is 18.9. The molecule has 2 heterocycles. The molecular weight excluding hydrogens is 358 g/mol. The van der Waals surface area contributed by atoms with Gasteiger partial charge in [0.15, 0.2) is 0 Å². The van der Waals surface area contributed by atoms with E-state index >= 15 is 0 Å². The van der Waals surface area contributed by atoms with Gasteiger partial charge in [-0.3, -0.25) is 9.78 Å². The van der Waals surface area contributed by atoms with Crippen LogP contribution < -0.4 is 5.32 Å². The number of nitrogens with one attached hydrogen (secondary N) is 1. The van der Waals surface area contributed by atoms with Gasteiger partial charge in [-0.05, 0) is 35.7 Å². The fourth-order valence-corrected chi connectivity index (χ4v) is 3.91. The first-order valence-electron chi connectivity index (χ1n) is 9.88. The molecule has 1 N–H and O–H groups in total. The van der Waals surface area contributed by atoms with Crippen molar-refractivity contribution in [3.05, 3.63) is 102 Å². The first-order chi connectivity index (χ1) is 14.1. The lowest BCUT2D eigenvalue weighted by atomic mass is 9.87. The predicted molar refractivity (Wildman–Crippen MR) is 117 cm³/mol. The lowest BCUT2D eigenvalue weighted by Gasteiger charge is -2.18. The summed E-state index contributed by atoms with van der Waals surface area (Å²) in [6, 6.07) is 20.7. The summed E-state index contributed by atoms with van der Waals surface area (Å²) in [5.41, 5.74) is 5.72. The molecular formula is C25H25N3O. The fourth-order valence-electron chi connectivity index (χ4n) is 3.91. The van der Waals surface area contributed by atoms with Gasteiger partial charge in [0.05, 0.1) is 0 Å². The maximum atomic E-state index is 12.9. The van der Waals surface area contributed by atoms with Crippen LogP contribution in [0.1, 0.15) is 34.6 Å². The zero-order valence-corrected chi connectivity index (χ0v) is 16.8. The van der Waals surface area contributed by atoms with E-state index in [0.717, 1.165) is 11.1 Å². The molecule has 2 aromatic heterocycles. The molecule has 29 heavy (non-hydrogen) atoms. The van der Waals surface area contributed by atoms with Crippen LogP contribution in [0.15, 0.2) is 79.3 Å². The monoisotopic (exact) mass is 383 g/mol. The molecule has 1 amide bonds. The van der Waals surface area contributed by atoms with Crippen LogP contribution in [-0.2, 0) is 18.4 Å². The summed E-state index contributed by atoms with van der Waals surface area (Å²) in [5, 5.41) is 4.25. The highest BCUT2D eigenvalue weighted by molar-refractivity contribution is 5.86. The Balaban J connectivity index is 1.65. The highest BCUT2D eigenvalue weighted by Crippen LogP contribution is 2.34. The molecule has 0 saturated carbocycles. The van der Waals surface area contributed by atoms with Gasteiger partial charge < -0.3 is 9.88 Å². The van der Waals surface area contributed by atoms with E-state index in [0.29, 0.717) is 13.0 Å². The van der Waals surface area contributed by atoms with Crippen molar-refractivity contribution in [2.75, 3.05) is 0 Å². The Labute approximate surface area is 171 Å². The standard InChI is InChI=1S/C25H25N3O/c1-18-7-5-9-20(13-18)22(14-25(29)27-16-19-8-6-12-26-15-19)23-17-28(2)24-11-4-3-10-21(23)24/h3-13,15,17,22H,14,16H2,1-2H3,(H,27,29).